The first-order valence-electron chi connectivity index (χ1n) is 6.77. The maximum atomic E-state index is 12.4. The summed E-state index contributed by atoms with van der Waals surface area (Å²) in [7, 11) is -3.29. The van der Waals surface area contributed by atoms with Gasteiger partial charge in [0.05, 0.1) is 5.75 Å². The molecule has 0 saturated carbocycles. The number of rotatable bonds is 8. The van der Waals surface area contributed by atoms with Crippen LogP contribution < -0.4 is 5.73 Å². The summed E-state index contributed by atoms with van der Waals surface area (Å²) >= 11 is 4.91. The van der Waals surface area contributed by atoms with E-state index in [-0.39, 0.29) is 10.7 Å². The lowest BCUT2D eigenvalue weighted by atomic mass is 10.1. The number of hydrogen-bond acceptors (Lipinski definition) is 3. The molecule has 112 valence electrons. The summed E-state index contributed by atoms with van der Waals surface area (Å²) < 4.78 is 26.3. The Hall–Kier alpha value is -0.980. The molecule has 1 aromatic rings. The van der Waals surface area contributed by atoms with Gasteiger partial charge in [0.2, 0.25) is 10.0 Å². The maximum Gasteiger partial charge on any atom is 0.218 e. The highest BCUT2D eigenvalue weighted by atomic mass is 32.2. The van der Waals surface area contributed by atoms with Gasteiger partial charge in [-0.1, -0.05) is 50.7 Å². The second-order valence-corrected chi connectivity index (χ2v) is 7.07. The first kappa shape index (κ1) is 17.1. The Kier molecular flexibility index (Phi) is 6.58. The van der Waals surface area contributed by atoms with Gasteiger partial charge in [-0.25, -0.2) is 12.7 Å². The fourth-order valence-corrected chi connectivity index (χ4v) is 3.66. The number of thiocarbonyl (C=S) groups is 1. The van der Waals surface area contributed by atoms with E-state index >= 15 is 0 Å². The molecule has 0 saturated heterocycles. The van der Waals surface area contributed by atoms with Crippen molar-refractivity contribution in [3.8, 4) is 0 Å². The minimum atomic E-state index is -3.29. The summed E-state index contributed by atoms with van der Waals surface area (Å²) in [4.78, 5) is 0.280. The van der Waals surface area contributed by atoms with Gasteiger partial charge in [0, 0.05) is 18.7 Å². The number of hydrogen-bond donors (Lipinski definition) is 1. The quantitative estimate of drug-likeness (QED) is 0.748. The van der Waals surface area contributed by atoms with Crippen molar-refractivity contribution in [2.45, 2.75) is 32.4 Å². The van der Waals surface area contributed by atoms with Crippen molar-refractivity contribution in [3.05, 3.63) is 35.4 Å². The van der Waals surface area contributed by atoms with Crippen molar-refractivity contribution in [2.24, 2.45) is 5.73 Å². The topological polar surface area (TPSA) is 63.4 Å². The van der Waals surface area contributed by atoms with Gasteiger partial charge >= 0.3 is 0 Å². The summed E-state index contributed by atoms with van der Waals surface area (Å²) in [6, 6.07) is 7.09. The number of nitrogens with zero attached hydrogens (tertiary/aromatic N) is 1. The van der Waals surface area contributed by atoms with E-state index in [1.165, 1.54) is 4.31 Å². The zero-order valence-corrected chi connectivity index (χ0v) is 13.6. The van der Waals surface area contributed by atoms with E-state index in [1.54, 1.807) is 24.3 Å². The van der Waals surface area contributed by atoms with Crippen molar-refractivity contribution in [3.63, 3.8) is 0 Å². The lowest BCUT2D eigenvalue weighted by Gasteiger charge is -2.20. The molecule has 0 aromatic heterocycles. The van der Waals surface area contributed by atoms with Crippen LogP contribution in [-0.2, 0) is 15.8 Å². The van der Waals surface area contributed by atoms with E-state index in [4.69, 9.17) is 18.0 Å². The third-order valence-corrected chi connectivity index (χ3v) is 5.23. The molecule has 1 rings (SSSR count). The van der Waals surface area contributed by atoms with Gasteiger partial charge in [-0.15, -0.1) is 0 Å². The number of unbranched alkanes of at least 4 members (excludes halogenated alkanes) is 1. The lowest BCUT2D eigenvalue weighted by molar-refractivity contribution is 0.418. The largest absolute Gasteiger partial charge is 0.389 e. The van der Waals surface area contributed by atoms with Crippen LogP contribution in [0.25, 0.3) is 0 Å². The highest BCUT2D eigenvalue weighted by Gasteiger charge is 2.20. The summed E-state index contributed by atoms with van der Waals surface area (Å²) in [5, 5.41) is 0. The molecule has 0 heterocycles. The molecule has 4 nitrogen and oxygen atoms in total. The second kappa shape index (κ2) is 7.71. The molecule has 0 spiro atoms. The molecule has 0 fully saturated rings. The Bertz CT molecular complexity index is 556. The Morgan fingerprint density at radius 3 is 2.60 bits per heavy atom. The summed E-state index contributed by atoms with van der Waals surface area (Å²) in [5.41, 5.74) is 6.98. The number of sulfonamides is 1. The van der Waals surface area contributed by atoms with Gasteiger partial charge in [0.25, 0.3) is 0 Å². The minimum Gasteiger partial charge on any atom is -0.389 e. The van der Waals surface area contributed by atoms with Crippen LogP contribution in [0.5, 0.6) is 0 Å². The number of benzene rings is 1. The molecule has 2 N–H and O–H groups in total. The number of nitrogens with two attached hydrogens (primary N) is 1. The van der Waals surface area contributed by atoms with Crippen LogP contribution in [-0.4, -0.2) is 30.8 Å². The van der Waals surface area contributed by atoms with Crippen molar-refractivity contribution in [1.29, 1.82) is 0 Å². The van der Waals surface area contributed by atoms with E-state index < -0.39 is 10.0 Å². The van der Waals surface area contributed by atoms with Gasteiger partial charge in [-0.2, -0.15) is 0 Å². The molecule has 1 aromatic carbocycles. The average Bonchev–Trinajstić information content (AvgIpc) is 2.39. The fourth-order valence-electron chi connectivity index (χ4n) is 1.94. The smallest absolute Gasteiger partial charge is 0.218 e. The zero-order chi connectivity index (χ0) is 15.2. The van der Waals surface area contributed by atoms with Gasteiger partial charge in [0.15, 0.2) is 0 Å². The predicted molar refractivity (Wildman–Crippen MR) is 87.1 cm³/mol. The van der Waals surface area contributed by atoms with Crippen molar-refractivity contribution >= 4 is 27.2 Å². The Labute approximate surface area is 127 Å². The van der Waals surface area contributed by atoms with E-state index in [0.29, 0.717) is 24.2 Å². The van der Waals surface area contributed by atoms with Crippen LogP contribution in [0.3, 0.4) is 0 Å². The van der Waals surface area contributed by atoms with E-state index in [2.05, 4.69) is 0 Å². The van der Waals surface area contributed by atoms with E-state index in [0.717, 1.165) is 12.8 Å². The molecule has 0 aliphatic rings. The van der Waals surface area contributed by atoms with E-state index in [1.807, 2.05) is 13.8 Å². The van der Waals surface area contributed by atoms with Crippen LogP contribution in [0.15, 0.2) is 24.3 Å². The molecule has 0 radical (unpaired) electrons. The molecule has 6 heteroatoms. The SMILES string of the molecule is CCCCN(CC)S(=O)(=O)Cc1cccc(C(N)=S)c1. The molecule has 0 aliphatic carbocycles. The van der Waals surface area contributed by atoms with Crippen molar-refractivity contribution < 1.29 is 8.42 Å². The molecule has 0 amide bonds. The molecule has 0 bridgehead atoms. The second-order valence-electron chi connectivity index (χ2n) is 4.67. The Morgan fingerprint density at radius 1 is 1.35 bits per heavy atom. The van der Waals surface area contributed by atoms with Gasteiger partial charge < -0.3 is 5.73 Å². The standard InChI is InChI=1S/C14H22N2O2S2/c1-3-5-9-16(4-2)20(17,18)11-12-7-6-8-13(10-12)14(15)19/h6-8,10H,3-5,9,11H2,1-2H3,(H2,15,19). The predicted octanol–water partition coefficient (Wildman–Crippen LogP) is 2.27. The van der Waals surface area contributed by atoms with Gasteiger partial charge in [-0.3, -0.25) is 0 Å². The average molecular weight is 314 g/mol. The Morgan fingerprint density at radius 2 is 2.05 bits per heavy atom. The lowest BCUT2D eigenvalue weighted by Crippen LogP contribution is -2.32. The highest BCUT2D eigenvalue weighted by molar-refractivity contribution is 7.88. The monoisotopic (exact) mass is 314 g/mol. The first-order chi connectivity index (χ1) is 9.40. The fraction of sp³-hybridized carbons (Fsp3) is 0.500. The molecule has 0 unspecified atom stereocenters. The first-order valence-corrected chi connectivity index (χ1v) is 8.79. The zero-order valence-electron chi connectivity index (χ0n) is 12.0. The normalized spacial score (nSPS) is 11.8. The van der Waals surface area contributed by atoms with Crippen LogP contribution >= 0.6 is 12.2 Å². The van der Waals surface area contributed by atoms with Gasteiger partial charge in [0.1, 0.15) is 4.99 Å². The van der Waals surface area contributed by atoms with Crippen molar-refractivity contribution in [1.82, 2.24) is 4.31 Å². The van der Waals surface area contributed by atoms with Crippen LogP contribution in [0.1, 0.15) is 37.8 Å². The van der Waals surface area contributed by atoms with Crippen LogP contribution in [0, 0.1) is 0 Å². The Balaban J connectivity index is 2.89. The third-order valence-electron chi connectivity index (χ3n) is 3.07. The van der Waals surface area contributed by atoms with E-state index in [9.17, 15) is 8.42 Å². The van der Waals surface area contributed by atoms with Crippen LogP contribution in [0.4, 0.5) is 0 Å². The summed E-state index contributed by atoms with van der Waals surface area (Å²) in [6.45, 7) is 4.98. The third kappa shape index (κ3) is 4.85. The molecule has 0 aliphatic heterocycles. The van der Waals surface area contributed by atoms with Crippen molar-refractivity contribution in [2.75, 3.05) is 13.1 Å². The van der Waals surface area contributed by atoms with Crippen LogP contribution in [0.2, 0.25) is 0 Å². The summed E-state index contributed by atoms with van der Waals surface area (Å²) in [6.07, 6.45) is 1.85. The summed E-state index contributed by atoms with van der Waals surface area (Å²) in [5.74, 6) is -0.0129. The molecular weight excluding hydrogens is 292 g/mol. The maximum absolute atomic E-state index is 12.4. The minimum absolute atomic E-state index is 0.0129. The molecule has 20 heavy (non-hydrogen) atoms. The van der Waals surface area contributed by atoms with Gasteiger partial charge in [-0.05, 0) is 18.1 Å². The molecule has 0 atom stereocenters. The molecular formula is C14H22N2O2S2. The highest BCUT2D eigenvalue weighted by Crippen LogP contribution is 2.13.